The second-order valence-electron chi connectivity index (χ2n) is 7.11. The number of nitriles is 1. The molecule has 0 aliphatic carbocycles. The zero-order valence-electron chi connectivity index (χ0n) is 18.7. The molecular formula is C24H17N5O5S2. The summed E-state index contributed by atoms with van der Waals surface area (Å²) in [5.41, 5.74) is 0.942. The Hall–Kier alpha value is -4.47. The van der Waals surface area contributed by atoms with Crippen molar-refractivity contribution in [2.75, 3.05) is 12.4 Å². The molecule has 12 heteroatoms. The van der Waals surface area contributed by atoms with E-state index in [0.29, 0.717) is 15.8 Å². The summed E-state index contributed by atoms with van der Waals surface area (Å²) in [7, 11) is 1.41. The Kier molecular flexibility index (Phi) is 7.74. The van der Waals surface area contributed by atoms with Gasteiger partial charge in [-0.2, -0.15) is 5.26 Å². The van der Waals surface area contributed by atoms with Gasteiger partial charge in [0.25, 0.3) is 11.6 Å². The molecule has 0 saturated heterocycles. The average Bonchev–Trinajstić information content (AvgIpc) is 3.55. The van der Waals surface area contributed by atoms with E-state index >= 15 is 0 Å². The Bertz CT molecular complexity index is 1470. The molecule has 2 aromatic carbocycles. The fourth-order valence-corrected chi connectivity index (χ4v) is 4.77. The number of methoxy groups -OCH3 is 1. The minimum absolute atomic E-state index is 0.179. The summed E-state index contributed by atoms with van der Waals surface area (Å²) >= 11 is 2.69. The molecule has 2 heterocycles. The summed E-state index contributed by atoms with van der Waals surface area (Å²) in [5, 5.41) is 31.8. The number of hydrogen-bond donors (Lipinski definition) is 1. The Morgan fingerprint density at radius 1 is 1.25 bits per heavy atom. The van der Waals surface area contributed by atoms with Crippen LogP contribution in [0.25, 0.3) is 17.4 Å². The van der Waals surface area contributed by atoms with Crippen LogP contribution in [-0.4, -0.2) is 28.1 Å². The second kappa shape index (κ2) is 11.3. The van der Waals surface area contributed by atoms with Gasteiger partial charge in [-0.25, -0.2) is 0 Å². The lowest BCUT2D eigenvalue weighted by atomic mass is 10.1. The van der Waals surface area contributed by atoms with Crippen LogP contribution >= 0.6 is 23.1 Å². The monoisotopic (exact) mass is 519 g/mol. The summed E-state index contributed by atoms with van der Waals surface area (Å²) in [5.74, 6) is 0.746. The van der Waals surface area contributed by atoms with Crippen molar-refractivity contribution >= 4 is 45.9 Å². The first-order valence-corrected chi connectivity index (χ1v) is 12.1. The first kappa shape index (κ1) is 24.6. The molecule has 0 radical (unpaired) electrons. The largest absolute Gasteiger partial charge is 0.497 e. The quantitative estimate of drug-likeness (QED) is 0.0751. The van der Waals surface area contributed by atoms with Gasteiger partial charge >= 0.3 is 0 Å². The van der Waals surface area contributed by atoms with Crippen LogP contribution < -0.4 is 10.1 Å². The number of thioether (sulfide) groups is 1. The van der Waals surface area contributed by atoms with E-state index in [4.69, 9.17) is 9.15 Å². The number of anilines is 1. The second-order valence-corrected chi connectivity index (χ2v) is 9.31. The summed E-state index contributed by atoms with van der Waals surface area (Å²) in [4.78, 5) is 23.5. The van der Waals surface area contributed by atoms with E-state index in [1.807, 2.05) is 36.4 Å². The number of amides is 1. The maximum atomic E-state index is 12.6. The number of furan rings is 1. The number of benzene rings is 2. The highest BCUT2D eigenvalue weighted by Gasteiger charge is 2.20. The molecule has 0 saturated carbocycles. The number of nitro benzene ring substituents is 1. The predicted molar refractivity (Wildman–Crippen MR) is 135 cm³/mol. The Balaban J connectivity index is 1.45. The molecule has 0 aliphatic rings. The first-order valence-electron chi connectivity index (χ1n) is 10.3. The third-order valence-corrected chi connectivity index (χ3v) is 6.82. The number of hydrogen-bond acceptors (Lipinski definition) is 10. The van der Waals surface area contributed by atoms with Crippen molar-refractivity contribution in [1.29, 1.82) is 5.26 Å². The molecule has 0 fully saturated rings. The summed E-state index contributed by atoms with van der Waals surface area (Å²) in [6, 6.07) is 19.1. The van der Waals surface area contributed by atoms with Crippen molar-refractivity contribution in [3.63, 3.8) is 0 Å². The van der Waals surface area contributed by atoms with Gasteiger partial charge in [-0.15, -0.1) is 10.2 Å². The fraction of sp³-hybridized carbons (Fsp3) is 0.0833. The third kappa shape index (κ3) is 5.96. The van der Waals surface area contributed by atoms with Gasteiger partial charge < -0.3 is 9.15 Å². The van der Waals surface area contributed by atoms with Crippen molar-refractivity contribution in [2.45, 2.75) is 10.1 Å². The van der Waals surface area contributed by atoms with E-state index < -0.39 is 10.8 Å². The molecule has 2 aromatic heterocycles. The minimum Gasteiger partial charge on any atom is -0.497 e. The van der Waals surface area contributed by atoms with Gasteiger partial charge in [-0.05, 0) is 29.8 Å². The molecule has 0 bridgehead atoms. The SMILES string of the molecule is COc1ccc(-c2ccc(C=C(C#N)C(=O)Nc3nnc(SCc4ccccc4)s3)o2)c([N+](=O)[O-])c1. The number of aromatic nitrogens is 2. The molecule has 0 aliphatic heterocycles. The zero-order chi connectivity index (χ0) is 25.5. The van der Waals surface area contributed by atoms with Crippen molar-refractivity contribution in [1.82, 2.24) is 10.2 Å². The normalized spacial score (nSPS) is 11.1. The van der Waals surface area contributed by atoms with Gasteiger partial charge in [-0.3, -0.25) is 20.2 Å². The van der Waals surface area contributed by atoms with Crippen molar-refractivity contribution in [2.24, 2.45) is 0 Å². The highest BCUT2D eigenvalue weighted by molar-refractivity contribution is 8.00. The topological polar surface area (TPSA) is 144 Å². The van der Waals surface area contributed by atoms with Crippen molar-refractivity contribution in [3.05, 3.63) is 87.7 Å². The number of carbonyl (C=O) groups excluding carboxylic acids is 1. The molecule has 0 atom stereocenters. The van der Waals surface area contributed by atoms with Gasteiger partial charge in [0.15, 0.2) is 4.34 Å². The number of ether oxygens (including phenoxy) is 1. The van der Waals surface area contributed by atoms with E-state index in [9.17, 15) is 20.2 Å². The Labute approximate surface area is 213 Å². The van der Waals surface area contributed by atoms with E-state index in [1.54, 1.807) is 6.07 Å². The van der Waals surface area contributed by atoms with Crippen molar-refractivity contribution < 1.29 is 18.9 Å². The maximum absolute atomic E-state index is 12.6. The van der Waals surface area contributed by atoms with Crippen LogP contribution in [0.4, 0.5) is 10.8 Å². The molecule has 36 heavy (non-hydrogen) atoms. The fourth-order valence-electron chi connectivity index (χ4n) is 3.07. The molecule has 4 rings (SSSR count). The molecule has 1 N–H and O–H groups in total. The van der Waals surface area contributed by atoms with Gasteiger partial charge in [0.1, 0.15) is 28.9 Å². The first-order chi connectivity index (χ1) is 17.5. The number of rotatable bonds is 9. The highest BCUT2D eigenvalue weighted by atomic mass is 32.2. The van der Waals surface area contributed by atoms with Crippen LogP contribution in [0.5, 0.6) is 5.75 Å². The number of carbonyl (C=O) groups is 1. The number of nitrogens with zero attached hydrogens (tertiary/aromatic N) is 4. The number of nitrogens with one attached hydrogen (secondary N) is 1. The maximum Gasteiger partial charge on any atom is 0.284 e. The van der Waals surface area contributed by atoms with Gasteiger partial charge in [0.2, 0.25) is 5.13 Å². The Morgan fingerprint density at radius 2 is 2.06 bits per heavy atom. The predicted octanol–water partition coefficient (Wildman–Crippen LogP) is 5.55. The summed E-state index contributed by atoms with van der Waals surface area (Å²) in [6.45, 7) is 0. The van der Waals surface area contributed by atoms with Crippen LogP contribution in [-0.2, 0) is 10.5 Å². The Morgan fingerprint density at radius 3 is 2.78 bits per heavy atom. The summed E-state index contributed by atoms with van der Waals surface area (Å²) in [6.07, 6.45) is 1.25. The standard InChI is InChI=1S/C24H17N5O5S2/c1-33-17-7-9-19(20(12-17)29(31)32)21-10-8-18(34-21)11-16(13-25)22(30)26-23-27-28-24(36-23)35-14-15-5-3-2-4-6-15/h2-12H,14H2,1H3,(H,26,27,30). The van der Waals surface area contributed by atoms with Gasteiger partial charge in [-0.1, -0.05) is 53.4 Å². The zero-order valence-corrected chi connectivity index (χ0v) is 20.3. The average molecular weight is 520 g/mol. The van der Waals surface area contributed by atoms with E-state index in [0.717, 1.165) is 5.56 Å². The smallest absolute Gasteiger partial charge is 0.284 e. The van der Waals surface area contributed by atoms with Gasteiger partial charge in [0.05, 0.1) is 23.7 Å². The van der Waals surface area contributed by atoms with Crippen LogP contribution in [0, 0.1) is 21.4 Å². The molecular weight excluding hydrogens is 502 g/mol. The van der Waals surface area contributed by atoms with Crippen LogP contribution in [0.1, 0.15) is 11.3 Å². The molecule has 1 amide bonds. The van der Waals surface area contributed by atoms with Crippen LogP contribution in [0.3, 0.4) is 0 Å². The summed E-state index contributed by atoms with van der Waals surface area (Å²) < 4.78 is 11.4. The molecule has 10 nitrogen and oxygen atoms in total. The lowest BCUT2D eigenvalue weighted by Crippen LogP contribution is -2.13. The van der Waals surface area contributed by atoms with Crippen LogP contribution in [0.2, 0.25) is 0 Å². The highest BCUT2D eigenvalue weighted by Crippen LogP contribution is 2.34. The van der Waals surface area contributed by atoms with Crippen LogP contribution in [0.15, 0.2) is 75.0 Å². The molecule has 0 spiro atoms. The molecule has 0 unspecified atom stereocenters. The van der Waals surface area contributed by atoms with E-state index in [1.165, 1.54) is 60.5 Å². The van der Waals surface area contributed by atoms with Gasteiger partial charge in [0, 0.05) is 11.8 Å². The lowest BCUT2D eigenvalue weighted by Gasteiger charge is -2.03. The lowest BCUT2D eigenvalue weighted by molar-refractivity contribution is -0.384. The molecule has 4 aromatic rings. The van der Waals surface area contributed by atoms with E-state index in [-0.39, 0.29) is 33.5 Å². The number of nitro groups is 1. The third-order valence-electron chi connectivity index (χ3n) is 4.78. The van der Waals surface area contributed by atoms with Crippen molar-refractivity contribution in [3.8, 4) is 23.1 Å². The minimum atomic E-state index is -0.679. The molecule has 180 valence electrons. The van der Waals surface area contributed by atoms with E-state index in [2.05, 4.69) is 15.5 Å².